The molecular weight excluding hydrogens is 1190 g/mol. The highest BCUT2D eigenvalue weighted by Gasteiger charge is 2.30. The zero-order valence-electron chi connectivity index (χ0n) is 58.6. The highest BCUT2D eigenvalue weighted by atomic mass is 31.2. The van der Waals surface area contributed by atoms with Crippen LogP contribution in [-0.4, -0.2) is 96.7 Å². The van der Waals surface area contributed by atoms with E-state index in [0.29, 0.717) is 25.7 Å². The molecule has 0 fully saturated rings. The van der Waals surface area contributed by atoms with Crippen LogP contribution < -0.4 is 0 Å². The number of carbonyl (C=O) groups excluding carboxylic acids is 4. The standard InChI is InChI=1S/C71H138O17P2/c1-8-9-10-11-12-21-31-38-45-52-68(73)81-58-66(88-71(76)55-48-41-34-27-20-24-30-37-44-51-64(6)7)60-85-89(77,78)83-56-65(72)57-84-90(79,80)86-61-67(59-82-69(74)53-46-39-32-25-19-15-17-23-29-36-43-50-63(4)5)87-70(75)54-47-40-33-26-18-14-13-16-22-28-35-42-49-62(2)3/h62-67,72H,8-61H2,1-7H3,(H,77,78)(H,79,80)/t65-,66+,67+/m0/s1. The average Bonchev–Trinajstić information content (AvgIpc) is 3.55. The van der Waals surface area contributed by atoms with Gasteiger partial charge in [0, 0.05) is 25.7 Å². The maximum atomic E-state index is 13.0. The van der Waals surface area contributed by atoms with Crippen molar-refractivity contribution in [2.45, 2.75) is 375 Å². The fourth-order valence-electron chi connectivity index (χ4n) is 10.7. The van der Waals surface area contributed by atoms with Crippen molar-refractivity contribution in [2.24, 2.45) is 17.8 Å². The van der Waals surface area contributed by atoms with Gasteiger partial charge in [-0.05, 0) is 43.4 Å². The van der Waals surface area contributed by atoms with Gasteiger partial charge < -0.3 is 33.8 Å². The monoisotopic (exact) mass is 1320 g/mol. The summed E-state index contributed by atoms with van der Waals surface area (Å²) < 4.78 is 68.3. The highest BCUT2D eigenvalue weighted by Crippen LogP contribution is 2.45. The third kappa shape index (κ3) is 64.8. The number of ether oxygens (including phenoxy) is 4. The van der Waals surface area contributed by atoms with E-state index < -0.39 is 97.5 Å². The Kier molecular flexibility index (Phi) is 60.6. The van der Waals surface area contributed by atoms with E-state index in [1.54, 1.807) is 0 Å². The fourth-order valence-corrected chi connectivity index (χ4v) is 12.3. The lowest BCUT2D eigenvalue weighted by Crippen LogP contribution is -2.30. The van der Waals surface area contributed by atoms with E-state index in [4.69, 9.17) is 37.0 Å². The molecule has 0 aromatic carbocycles. The number of rotatable bonds is 69. The molecule has 0 amide bonds. The third-order valence-corrected chi connectivity index (χ3v) is 18.3. The Hall–Kier alpha value is -1.94. The molecule has 0 saturated heterocycles. The van der Waals surface area contributed by atoms with Gasteiger partial charge in [0.05, 0.1) is 26.4 Å². The molecule has 17 nitrogen and oxygen atoms in total. The van der Waals surface area contributed by atoms with Gasteiger partial charge in [-0.25, -0.2) is 9.13 Å². The van der Waals surface area contributed by atoms with Gasteiger partial charge in [0.1, 0.15) is 19.3 Å². The van der Waals surface area contributed by atoms with Crippen LogP contribution in [0.1, 0.15) is 357 Å². The minimum absolute atomic E-state index is 0.105. The Bertz CT molecular complexity index is 1770. The summed E-state index contributed by atoms with van der Waals surface area (Å²) in [4.78, 5) is 72.6. The highest BCUT2D eigenvalue weighted by molar-refractivity contribution is 7.47. The lowest BCUT2D eigenvalue weighted by molar-refractivity contribution is -0.161. The number of carbonyl (C=O) groups is 4. The second kappa shape index (κ2) is 61.9. The van der Waals surface area contributed by atoms with Crippen LogP contribution in [0.2, 0.25) is 0 Å². The predicted molar refractivity (Wildman–Crippen MR) is 363 cm³/mol. The summed E-state index contributed by atoms with van der Waals surface area (Å²) >= 11 is 0. The Morgan fingerprint density at radius 2 is 0.511 bits per heavy atom. The van der Waals surface area contributed by atoms with Crippen molar-refractivity contribution < 1.29 is 80.2 Å². The minimum atomic E-state index is -4.95. The maximum Gasteiger partial charge on any atom is 0.472 e. The molecule has 534 valence electrons. The molecule has 2 unspecified atom stereocenters. The number of phosphoric acid groups is 2. The maximum absolute atomic E-state index is 13.0. The van der Waals surface area contributed by atoms with E-state index in [9.17, 15) is 43.2 Å². The van der Waals surface area contributed by atoms with Gasteiger partial charge in [0.25, 0.3) is 0 Å². The Balaban J connectivity index is 5.25. The molecule has 0 heterocycles. The lowest BCUT2D eigenvalue weighted by Gasteiger charge is -2.21. The fraction of sp³-hybridized carbons (Fsp3) is 0.944. The summed E-state index contributed by atoms with van der Waals surface area (Å²) in [5.41, 5.74) is 0. The van der Waals surface area contributed by atoms with Gasteiger partial charge in [-0.2, -0.15) is 0 Å². The van der Waals surface area contributed by atoms with Crippen molar-refractivity contribution in [1.29, 1.82) is 0 Å². The number of unbranched alkanes of at least 4 members (excludes halogenated alkanes) is 37. The number of aliphatic hydroxyl groups is 1. The second-order valence-electron chi connectivity index (χ2n) is 27.1. The summed E-state index contributed by atoms with van der Waals surface area (Å²) in [7, 11) is -9.90. The molecule has 0 aliphatic carbocycles. The van der Waals surface area contributed by atoms with Crippen molar-refractivity contribution >= 4 is 39.5 Å². The van der Waals surface area contributed by atoms with Crippen LogP contribution in [0.3, 0.4) is 0 Å². The first-order valence-corrected chi connectivity index (χ1v) is 39.8. The van der Waals surface area contributed by atoms with Crippen LogP contribution in [0, 0.1) is 17.8 Å². The largest absolute Gasteiger partial charge is 0.472 e. The van der Waals surface area contributed by atoms with Gasteiger partial charge in [-0.3, -0.25) is 37.3 Å². The van der Waals surface area contributed by atoms with Crippen LogP contribution in [0.25, 0.3) is 0 Å². The molecule has 3 N–H and O–H groups in total. The normalized spacial score (nSPS) is 14.2. The van der Waals surface area contributed by atoms with E-state index in [-0.39, 0.29) is 25.7 Å². The molecule has 0 radical (unpaired) electrons. The summed E-state index contributed by atoms with van der Waals surface area (Å²) in [6.45, 7) is 11.8. The first-order valence-electron chi connectivity index (χ1n) is 36.8. The van der Waals surface area contributed by atoms with Crippen LogP contribution in [0.5, 0.6) is 0 Å². The topological polar surface area (TPSA) is 237 Å². The van der Waals surface area contributed by atoms with Crippen molar-refractivity contribution in [2.75, 3.05) is 39.6 Å². The molecular formula is C71H138O17P2. The molecule has 0 aliphatic rings. The van der Waals surface area contributed by atoms with Gasteiger partial charge in [0.2, 0.25) is 0 Å². The number of esters is 4. The Morgan fingerprint density at radius 3 is 0.756 bits per heavy atom. The van der Waals surface area contributed by atoms with Crippen molar-refractivity contribution in [3.8, 4) is 0 Å². The van der Waals surface area contributed by atoms with E-state index >= 15 is 0 Å². The third-order valence-electron chi connectivity index (χ3n) is 16.4. The van der Waals surface area contributed by atoms with Crippen molar-refractivity contribution in [3.63, 3.8) is 0 Å². The molecule has 0 saturated carbocycles. The van der Waals surface area contributed by atoms with Crippen LogP contribution in [0.15, 0.2) is 0 Å². The van der Waals surface area contributed by atoms with Crippen molar-refractivity contribution in [3.05, 3.63) is 0 Å². The number of hydrogen-bond donors (Lipinski definition) is 3. The van der Waals surface area contributed by atoms with Gasteiger partial charge >= 0.3 is 39.5 Å². The summed E-state index contributed by atoms with van der Waals surface area (Å²) in [6.07, 6.45) is 45.7. The average molecular weight is 1330 g/mol. The molecule has 0 rings (SSSR count). The van der Waals surface area contributed by atoms with E-state index in [2.05, 4.69) is 48.5 Å². The Labute approximate surface area is 549 Å². The second-order valence-corrected chi connectivity index (χ2v) is 30.0. The molecule has 19 heteroatoms. The number of phosphoric ester groups is 2. The van der Waals surface area contributed by atoms with Gasteiger partial charge in [-0.15, -0.1) is 0 Å². The minimum Gasteiger partial charge on any atom is -0.462 e. The summed E-state index contributed by atoms with van der Waals surface area (Å²) in [5, 5.41) is 10.6. The zero-order chi connectivity index (χ0) is 66.6. The van der Waals surface area contributed by atoms with E-state index in [0.717, 1.165) is 108 Å². The smallest absolute Gasteiger partial charge is 0.462 e. The van der Waals surface area contributed by atoms with Crippen LogP contribution in [0.4, 0.5) is 0 Å². The molecule has 0 bridgehead atoms. The lowest BCUT2D eigenvalue weighted by atomic mass is 10.0. The summed E-state index contributed by atoms with van der Waals surface area (Å²) in [6, 6.07) is 0. The molecule has 5 atom stereocenters. The van der Waals surface area contributed by atoms with E-state index in [1.807, 2.05) is 0 Å². The Morgan fingerprint density at radius 1 is 0.300 bits per heavy atom. The van der Waals surface area contributed by atoms with Crippen molar-refractivity contribution in [1.82, 2.24) is 0 Å². The van der Waals surface area contributed by atoms with Gasteiger partial charge in [0.15, 0.2) is 12.2 Å². The van der Waals surface area contributed by atoms with Crippen LogP contribution in [-0.2, 0) is 65.4 Å². The molecule has 0 aromatic rings. The summed E-state index contributed by atoms with van der Waals surface area (Å²) in [5.74, 6) is 0.159. The van der Waals surface area contributed by atoms with E-state index in [1.165, 1.54) is 167 Å². The molecule has 0 aromatic heterocycles. The molecule has 90 heavy (non-hydrogen) atoms. The number of aliphatic hydroxyl groups excluding tert-OH is 1. The molecule has 0 aliphatic heterocycles. The predicted octanol–water partition coefficient (Wildman–Crippen LogP) is 20.2. The zero-order valence-corrected chi connectivity index (χ0v) is 60.4. The van der Waals surface area contributed by atoms with Crippen LogP contribution >= 0.6 is 15.6 Å². The number of hydrogen-bond acceptors (Lipinski definition) is 15. The first kappa shape index (κ1) is 88.1. The SMILES string of the molecule is CCCCCCCCCCCC(=O)OC[C@H](COP(=O)(O)OC[C@H](O)COP(=O)(O)OC[C@@H](COC(=O)CCCCCCCCCCCCCC(C)C)OC(=O)CCCCCCCCCCCCCCC(C)C)OC(=O)CCCCCCCCCCCC(C)C. The first-order chi connectivity index (χ1) is 43.2. The van der Waals surface area contributed by atoms with Gasteiger partial charge in [-0.1, -0.05) is 305 Å². The molecule has 0 spiro atoms. The quantitative estimate of drug-likeness (QED) is 0.0222.